The Bertz CT molecular complexity index is 273. The standard InChI is InChI=1S/C12H18N2/c1-2-12-4-3-11(9-14-12)10-5-7-13-8-6-10/h3-4,9-10,13H,2,5-8H2,1H3. The van der Waals surface area contributed by atoms with Gasteiger partial charge >= 0.3 is 0 Å². The van der Waals surface area contributed by atoms with Crippen LogP contribution in [-0.2, 0) is 6.42 Å². The third kappa shape index (κ3) is 2.13. The summed E-state index contributed by atoms with van der Waals surface area (Å²) in [6, 6.07) is 4.42. The Morgan fingerprint density at radius 2 is 2.14 bits per heavy atom. The van der Waals surface area contributed by atoms with Crippen molar-refractivity contribution >= 4 is 0 Å². The summed E-state index contributed by atoms with van der Waals surface area (Å²) in [6.07, 6.45) is 5.61. The second-order valence-electron chi connectivity index (χ2n) is 3.96. The molecule has 1 saturated heterocycles. The van der Waals surface area contributed by atoms with Crippen molar-refractivity contribution < 1.29 is 0 Å². The van der Waals surface area contributed by atoms with Gasteiger partial charge in [-0.25, -0.2) is 0 Å². The Hall–Kier alpha value is -0.890. The molecule has 2 heterocycles. The maximum atomic E-state index is 4.45. The van der Waals surface area contributed by atoms with Crippen LogP contribution in [0.4, 0.5) is 0 Å². The van der Waals surface area contributed by atoms with Crippen LogP contribution in [0.2, 0.25) is 0 Å². The molecule has 0 amide bonds. The first kappa shape index (κ1) is 9.66. The number of nitrogens with one attached hydrogen (secondary N) is 1. The predicted octanol–water partition coefficient (Wildman–Crippen LogP) is 2.11. The average Bonchev–Trinajstić information content (AvgIpc) is 2.30. The maximum absolute atomic E-state index is 4.45. The number of aromatic nitrogens is 1. The van der Waals surface area contributed by atoms with Crippen LogP contribution in [0.25, 0.3) is 0 Å². The zero-order valence-corrected chi connectivity index (χ0v) is 8.79. The summed E-state index contributed by atoms with van der Waals surface area (Å²) in [5, 5.41) is 3.39. The summed E-state index contributed by atoms with van der Waals surface area (Å²) >= 11 is 0. The van der Waals surface area contributed by atoms with Crippen molar-refractivity contribution in [3.8, 4) is 0 Å². The Kier molecular flexibility index (Phi) is 3.14. The van der Waals surface area contributed by atoms with Gasteiger partial charge in [-0.3, -0.25) is 4.98 Å². The van der Waals surface area contributed by atoms with E-state index in [1.165, 1.54) is 24.1 Å². The number of rotatable bonds is 2. The molecule has 2 rings (SSSR count). The second-order valence-corrected chi connectivity index (χ2v) is 3.96. The van der Waals surface area contributed by atoms with Gasteiger partial charge in [0, 0.05) is 11.9 Å². The molecule has 1 aliphatic rings. The molecular weight excluding hydrogens is 172 g/mol. The normalized spacial score (nSPS) is 18.4. The highest BCUT2D eigenvalue weighted by Gasteiger charge is 2.14. The van der Waals surface area contributed by atoms with E-state index < -0.39 is 0 Å². The van der Waals surface area contributed by atoms with E-state index in [0.717, 1.165) is 25.4 Å². The molecule has 1 aromatic heterocycles. The lowest BCUT2D eigenvalue weighted by molar-refractivity contribution is 0.459. The zero-order chi connectivity index (χ0) is 9.80. The van der Waals surface area contributed by atoms with E-state index in [4.69, 9.17) is 0 Å². The van der Waals surface area contributed by atoms with E-state index in [1.54, 1.807) is 0 Å². The number of hydrogen-bond acceptors (Lipinski definition) is 2. The molecule has 2 nitrogen and oxygen atoms in total. The van der Waals surface area contributed by atoms with Crippen LogP contribution in [0.3, 0.4) is 0 Å². The Morgan fingerprint density at radius 3 is 2.71 bits per heavy atom. The molecule has 1 aliphatic heterocycles. The number of pyridine rings is 1. The minimum atomic E-state index is 0.731. The number of piperidine rings is 1. The summed E-state index contributed by atoms with van der Waals surface area (Å²) in [5.74, 6) is 0.731. The largest absolute Gasteiger partial charge is 0.317 e. The van der Waals surface area contributed by atoms with Crippen molar-refractivity contribution in [3.63, 3.8) is 0 Å². The van der Waals surface area contributed by atoms with Gasteiger partial charge in [0.15, 0.2) is 0 Å². The third-order valence-electron chi connectivity index (χ3n) is 3.02. The molecule has 14 heavy (non-hydrogen) atoms. The highest BCUT2D eigenvalue weighted by molar-refractivity contribution is 5.19. The zero-order valence-electron chi connectivity index (χ0n) is 8.79. The van der Waals surface area contributed by atoms with Crippen LogP contribution in [0.15, 0.2) is 18.3 Å². The molecule has 1 aromatic rings. The molecule has 1 N–H and O–H groups in total. The number of aryl methyl sites for hydroxylation is 1. The molecule has 0 spiro atoms. The molecule has 0 unspecified atom stereocenters. The lowest BCUT2D eigenvalue weighted by atomic mass is 9.91. The fourth-order valence-corrected chi connectivity index (χ4v) is 2.04. The maximum Gasteiger partial charge on any atom is 0.0401 e. The second kappa shape index (κ2) is 4.56. The fraction of sp³-hybridized carbons (Fsp3) is 0.583. The SMILES string of the molecule is CCc1ccc(C2CCNCC2)cn1. The minimum Gasteiger partial charge on any atom is -0.317 e. The van der Waals surface area contributed by atoms with Gasteiger partial charge < -0.3 is 5.32 Å². The first-order chi connectivity index (χ1) is 6.90. The number of nitrogens with zero attached hydrogens (tertiary/aromatic N) is 1. The van der Waals surface area contributed by atoms with Crippen LogP contribution < -0.4 is 5.32 Å². The average molecular weight is 190 g/mol. The minimum absolute atomic E-state index is 0.731. The van der Waals surface area contributed by atoms with Crippen LogP contribution in [0, 0.1) is 0 Å². The lowest BCUT2D eigenvalue weighted by Gasteiger charge is -2.22. The van der Waals surface area contributed by atoms with Gasteiger partial charge in [0.05, 0.1) is 0 Å². The van der Waals surface area contributed by atoms with Crippen LogP contribution in [0.1, 0.15) is 36.9 Å². The summed E-state index contributed by atoms with van der Waals surface area (Å²) in [5.41, 5.74) is 2.62. The van der Waals surface area contributed by atoms with E-state index in [-0.39, 0.29) is 0 Å². The van der Waals surface area contributed by atoms with E-state index >= 15 is 0 Å². The summed E-state index contributed by atoms with van der Waals surface area (Å²) < 4.78 is 0. The topological polar surface area (TPSA) is 24.9 Å². The quantitative estimate of drug-likeness (QED) is 0.772. The summed E-state index contributed by atoms with van der Waals surface area (Å²) in [4.78, 5) is 4.45. The Morgan fingerprint density at radius 1 is 1.36 bits per heavy atom. The molecule has 2 heteroatoms. The third-order valence-corrected chi connectivity index (χ3v) is 3.02. The summed E-state index contributed by atoms with van der Waals surface area (Å²) in [6.45, 7) is 4.45. The van der Waals surface area contributed by atoms with E-state index in [9.17, 15) is 0 Å². The van der Waals surface area contributed by atoms with Gasteiger partial charge in [0.25, 0.3) is 0 Å². The van der Waals surface area contributed by atoms with Gasteiger partial charge in [-0.05, 0) is 49.9 Å². The molecule has 0 bridgehead atoms. The van der Waals surface area contributed by atoms with Crippen LogP contribution >= 0.6 is 0 Å². The highest BCUT2D eigenvalue weighted by atomic mass is 14.9. The van der Waals surface area contributed by atoms with Crippen molar-refractivity contribution in [3.05, 3.63) is 29.6 Å². The molecule has 76 valence electrons. The smallest absolute Gasteiger partial charge is 0.0401 e. The van der Waals surface area contributed by atoms with Crippen LogP contribution in [0.5, 0.6) is 0 Å². The van der Waals surface area contributed by atoms with Gasteiger partial charge in [-0.15, -0.1) is 0 Å². The Balaban J connectivity index is 2.07. The monoisotopic (exact) mass is 190 g/mol. The summed E-state index contributed by atoms with van der Waals surface area (Å²) in [7, 11) is 0. The first-order valence-corrected chi connectivity index (χ1v) is 5.55. The predicted molar refractivity (Wildman–Crippen MR) is 58.5 cm³/mol. The van der Waals surface area contributed by atoms with Gasteiger partial charge in [0.1, 0.15) is 0 Å². The van der Waals surface area contributed by atoms with Crippen molar-refractivity contribution in [2.75, 3.05) is 13.1 Å². The van der Waals surface area contributed by atoms with Crippen molar-refractivity contribution in [1.82, 2.24) is 10.3 Å². The Labute approximate surface area is 85.7 Å². The van der Waals surface area contributed by atoms with E-state index in [1.807, 2.05) is 0 Å². The molecule has 0 aromatic carbocycles. The molecular formula is C12H18N2. The first-order valence-electron chi connectivity index (χ1n) is 5.55. The lowest BCUT2D eigenvalue weighted by Crippen LogP contribution is -2.26. The molecule has 0 aliphatic carbocycles. The van der Waals surface area contributed by atoms with E-state index in [2.05, 4.69) is 35.6 Å². The highest BCUT2D eigenvalue weighted by Crippen LogP contribution is 2.24. The van der Waals surface area contributed by atoms with Crippen molar-refractivity contribution in [2.24, 2.45) is 0 Å². The molecule has 1 fully saturated rings. The number of hydrogen-bond donors (Lipinski definition) is 1. The van der Waals surface area contributed by atoms with Crippen molar-refractivity contribution in [2.45, 2.75) is 32.1 Å². The molecule has 0 radical (unpaired) electrons. The molecule has 0 atom stereocenters. The van der Waals surface area contributed by atoms with Crippen molar-refractivity contribution in [1.29, 1.82) is 0 Å². The fourth-order valence-electron chi connectivity index (χ4n) is 2.04. The van der Waals surface area contributed by atoms with Gasteiger partial charge in [-0.2, -0.15) is 0 Å². The van der Waals surface area contributed by atoms with E-state index in [0.29, 0.717) is 0 Å². The van der Waals surface area contributed by atoms with Gasteiger partial charge in [0.2, 0.25) is 0 Å². The van der Waals surface area contributed by atoms with Gasteiger partial charge in [-0.1, -0.05) is 13.0 Å². The molecule has 0 saturated carbocycles. The van der Waals surface area contributed by atoms with Crippen LogP contribution in [-0.4, -0.2) is 18.1 Å².